The van der Waals surface area contributed by atoms with Crippen LogP contribution in [0.25, 0.3) is 0 Å². The van der Waals surface area contributed by atoms with Crippen molar-refractivity contribution in [1.29, 1.82) is 0 Å². The first-order chi connectivity index (χ1) is 11.1. The Morgan fingerprint density at radius 3 is 2.26 bits per heavy atom. The third-order valence-electron chi connectivity index (χ3n) is 6.57. The minimum absolute atomic E-state index is 0.0656. The minimum atomic E-state index is -1.77. The maximum atomic E-state index is 12.8. The Morgan fingerprint density at radius 2 is 1.57 bits per heavy atom. The van der Waals surface area contributed by atoms with Gasteiger partial charge in [-0.15, -0.1) is 9.98 Å². The Kier molecular flexibility index (Phi) is 3.34. The average Bonchev–Trinajstić information content (AvgIpc) is 2.66. The van der Waals surface area contributed by atoms with Crippen molar-refractivity contribution >= 4 is 17.8 Å². The summed E-state index contributed by atoms with van der Waals surface area (Å²) in [6.45, 7) is 0. The van der Waals surface area contributed by atoms with Gasteiger partial charge in [0.15, 0.2) is 5.60 Å². The molecule has 3 fully saturated rings. The Hall–Kier alpha value is -1.36. The fourth-order valence-corrected chi connectivity index (χ4v) is 5.49. The van der Waals surface area contributed by atoms with Crippen molar-refractivity contribution < 1.29 is 14.7 Å². The quantitative estimate of drug-likeness (QED) is 0.768. The van der Waals surface area contributed by atoms with Crippen LogP contribution in [0.4, 0.5) is 0 Å². The lowest BCUT2D eigenvalue weighted by Crippen LogP contribution is -2.96. The van der Waals surface area contributed by atoms with Gasteiger partial charge in [0, 0.05) is 0 Å². The lowest BCUT2D eigenvalue weighted by atomic mass is 9.48. The highest BCUT2D eigenvalue weighted by Gasteiger charge is 2.81. The van der Waals surface area contributed by atoms with Crippen LogP contribution in [-0.4, -0.2) is 39.6 Å². The standard InChI is InChI=1S/C17H23N3O3/c21-13-16(12-7-3-1-4-8-12)17(23,14(22)19-11-18-13)15(20-16)9-5-2-6-10-15/h12,20,23H,1-10H2. The number of carbonyl (C=O) groups is 2. The van der Waals surface area contributed by atoms with E-state index < -0.39 is 28.5 Å². The van der Waals surface area contributed by atoms with Crippen molar-refractivity contribution in [3.8, 4) is 0 Å². The molecule has 2 aliphatic heterocycles. The van der Waals surface area contributed by atoms with Gasteiger partial charge in [-0.3, -0.25) is 14.9 Å². The van der Waals surface area contributed by atoms with Crippen LogP contribution in [-0.2, 0) is 9.59 Å². The first-order valence-corrected chi connectivity index (χ1v) is 8.84. The molecule has 2 unspecified atom stereocenters. The van der Waals surface area contributed by atoms with Crippen molar-refractivity contribution in [1.82, 2.24) is 5.32 Å². The van der Waals surface area contributed by atoms with Crippen molar-refractivity contribution in [2.45, 2.75) is 80.9 Å². The number of hydrogen-bond donors (Lipinski definition) is 2. The molecule has 2 heterocycles. The highest BCUT2D eigenvalue weighted by atomic mass is 16.3. The summed E-state index contributed by atoms with van der Waals surface area (Å²) in [5, 5.41) is 15.0. The van der Waals surface area contributed by atoms with Gasteiger partial charge < -0.3 is 5.11 Å². The lowest BCUT2D eigenvalue weighted by Gasteiger charge is -2.69. The van der Waals surface area contributed by atoms with Crippen LogP contribution < -0.4 is 5.32 Å². The van der Waals surface area contributed by atoms with E-state index in [1.54, 1.807) is 0 Å². The SMILES string of the molecule is O=C1N=C=NC(=O)C2(O)C3(CCCCC3)NC12C1CCCCC1. The second-order valence-corrected chi connectivity index (χ2v) is 7.56. The monoisotopic (exact) mass is 317 g/mol. The van der Waals surface area contributed by atoms with E-state index in [9.17, 15) is 14.7 Å². The molecule has 2 N–H and O–H groups in total. The third kappa shape index (κ3) is 1.72. The molecular formula is C17H23N3O3. The summed E-state index contributed by atoms with van der Waals surface area (Å²) in [6.07, 6.45) is 9.23. The molecule has 2 aliphatic carbocycles. The number of rotatable bonds is 1. The molecule has 2 amide bonds. The zero-order valence-electron chi connectivity index (χ0n) is 13.3. The van der Waals surface area contributed by atoms with E-state index in [-0.39, 0.29) is 5.92 Å². The number of nitrogens with zero attached hydrogens (tertiary/aromatic N) is 2. The van der Waals surface area contributed by atoms with Gasteiger partial charge in [0.1, 0.15) is 11.5 Å². The van der Waals surface area contributed by atoms with E-state index in [1.807, 2.05) is 0 Å². The minimum Gasteiger partial charge on any atom is -0.376 e. The van der Waals surface area contributed by atoms with Crippen molar-refractivity contribution in [3.63, 3.8) is 0 Å². The second-order valence-electron chi connectivity index (χ2n) is 7.56. The molecule has 2 atom stereocenters. The Morgan fingerprint density at radius 1 is 0.957 bits per heavy atom. The molecule has 23 heavy (non-hydrogen) atoms. The summed E-state index contributed by atoms with van der Waals surface area (Å²) in [5.41, 5.74) is -3.79. The smallest absolute Gasteiger partial charge is 0.291 e. The zero-order valence-corrected chi connectivity index (χ0v) is 13.3. The van der Waals surface area contributed by atoms with Crippen molar-refractivity contribution in [2.24, 2.45) is 15.9 Å². The normalized spacial score (nSPS) is 39.9. The van der Waals surface area contributed by atoms with E-state index >= 15 is 0 Å². The Labute approximate surface area is 135 Å². The van der Waals surface area contributed by atoms with E-state index in [4.69, 9.17) is 0 Å². The number of nitrogens with one attached hydrogen (secondary N) is 1. The summed E-state index contributed by atoms with van der Waals surface area (Å²) < 4.78 is 0. The zero-order chi connectivity index (χ0) is 16.1. The first kappa shape index (κ1) is 15.2. The highest BCUT2D eigenvalue weighted by Crippen LogP contribution is 2.58. The number of aliphatic imine (C=N–C) groups is 2. The summed E-state index contributed by atoms with van der Waals surface area (Å²) in [7, 11) is 0. The van der Waals surface area contributed by atoms with Gasteiger partial charge in [-0.05, 0) is 31.6 Å². The van der Waals surface area contributed by atoms with Gasteiger partial charge in [-0.1, -0.05) is 38.5 Å². The summed E-state index contributed by atoms with van der Waals surface area (Å²) in [5.74, 6) is -1.18. The molecule has 4 rings (SSSR count). The molecule has 0 radical (unpaired) electrons. The van der Waals surface area contributed by atoms with E-state index in [0.29, 0.717) is 12.8 Å². The molecular weight excluding hydrogens is 294 g/mol. The number of hydrogen-bond acceptors (Lipinski definition) is 4. The average molecular weight is 317 g/mol. The predicted octanol–water partition coefficient (Wildman–Crippen LogP) is 1.58. The van der Waals surface area contributed by atoms with E-state index in [1.165, 1.54) is 0 Å². The molecule has 4 aliphatic rings. The predicted molar refractivity (Wildman–Crippen MR) is 83.1 cm³/mol. The number of carbonyl (C=O) groups excluding carboxylic acids is 2. The first-order valence-electron chi connectivity index (χ1n) is 8.84. The summed E-state index contributed by atoms with van der Waals surface area (Å²) in [6, 6.07) is 2.21. The Bertz CT molecular complexity index is 593. The molecule has 2 saturated carbocycles. The fourth-order valence-electron chi connectivity index (χ4n) is 5.49. The summed E-state index contributed by atoms with van der Waals surface area (Å²) in [4.78, 5) is 32.9. The van der Waals surface area contributed by atoms with Gasteiger partial charge in [-0.25, -0.2) is 0 Å². The van der Waals surface area contributed by atoms with E-state index in [0.717, 1.165) is 51.4 Å². The van der Waals surface area contributed by atoms with Gasteiger partial charge in [0.05, 0.1) is 5.54 Å². The van der Waals surface area contributed by atoms with Crippen LogP contribution in [0.3, 0.4) is 0 Å². The molecule has 6 heteroatoms. The van der Waals surface area contributed by atoms with Crippen LogP contribution >= 0.6 is 0 Å². The third-order valence-corrected chi connectivity index (χ3v) is 6.57. The summed E-state index contributed by atoms with van der Waals surface area (Å²) >= 11 is 0. The molecule has 6 nitrogen and oxygen atoms in total. The van der Waals surface area contributed by atoms with Crippen LogP contribution in [0.2, 0.25) is 0 Å². The number of aliphatic hydroxyl groups is 1. The largest absolute Gasteiger partial charge is 0.376 e. The maximum Gasteiger partial charge on any atom is 0.291 e. The Balaban J connectivity index is 1.82. The molecule has 0 aromatic carbocycles. The van der Waals surface area contributed by atoms with Gasteiger partial charge in [-0.2, -0.15) is 0 Å². The molecule has 0 aromatic heterocycles. The van der Waals surface area contributed by atoms with Gasteiger partial charge in [0.2, 0.25) is 0 Å². The van der Waals surface area contributed by atoms with Crippen molar-refractivity contribution in [3.05, 3.63) is 0 Å². The number of fused-ring (bicyclic) bond motifs is 2. The van der Waals surface area contributed by atoms with Crippen LogP contribution in [0.1, 0.15) is 64.2 Å². The fraction of sp³-hybridized carbons (Fsp3) is 0.824. The van der Waals surface area contributed by atoms with Crippen LogP contribution in [0.5, 0.6) is 0 Å². The molecule has 1 spiro atoms. The number of amides is 2. The van der Waals surface area contributed by atoms with Crippen LogP contribution in [0.15, 0.2) is 9.98 Å². The van der Waals surface area contributed by atoms with Crippen LogP contribution in [0, 0.1) is 5.92 Å². The molecule has 1 saturated heterocycles. The van der Waals surface area contributed by atoms with Crippen molar-refractivity contribution in [2.75, 3.05) is 0 Å². The molecule has 0 bridgehead atoms. The topological polar surface area (TPSA) is 91.1 Å². The maximum absolute atomic E-state index is 12.8. The lowest BCUT2D eigenvalue weighted by molar-refractivity contribution is -0.231. The highest BCUT2D eigenvalue weighted by molar-refractivity contribution is 6.08. The molecule has 0 aromatic rings. The molecule has 124 valence electrons. The van der Waals surface area contributed by atoms with E-state index in [2.05, 4.69) is 21.3 Å². The van der Waals surface area contributed by atoms with Gasteiger partial charge >= 0.3 is 0 Å². The second kappa shape index (κ2) is 5.07. The van der Waals surface area contributed by atoms with Gasteiger partial charge in [0.25, 0.3) is 11.8 Å².